The highest BCUT2D eigenvalue weighted by Crippen LogP contribution is 2.20. The number of nitrogens with zero attached hydrogens (tertiary/aromatic N) is 1. The summed E-state index contributed by atoms with van der Waals surface area (Å²) in [4.78, 5) is 14.9. The van der Waals surface area contributed by atoms with Gasteiger partial charge in [0.2, 0.25) is 10.0 Å². The molecular weight excluding hydrogens is 316 g/mol. The Labute approximate surface area is 135 Å². The van der Waals surface area contributed by atoms with Crippen molar-refractivity contribution in [3.63, 3.8) is 0 Å². The van der Waals surface area contributed by atoms with Gasteiger partial charge < -0.3 is 5.11 Å². The second kappa shape index (κ2) is 6.64. The number of sulfonamides is 1. The molecule has 2 N–H and O–H groups in total. The van der Waals surface area contributed by atoms with Gasteiger partial charge >= 0.3 is 5.97 Å². The summed E-state index contributed by atoms with van der Waals surface area (Å²) >= 11 is 0. The van der Waals surface area contributed by atoms with Crippen LogP contribution in [0.4, 0.5) is 0 Å². The van der Waals surface area contributed by atoms with Crippen molar-refractivity contribution in [3.8, 4) is 0 Å². The molecular formula is C16H20N2O4S. The third kappa shape index (κ3) is 5.01. The fourth-order valence-electron chi connectivity index (χ4n) is 2.42. The van der Waals surface area contributed by atoms with Crippen molar-refractivity contribution >= 4 is 26.9 Å². The van der Waals surface area contributed by atoms with Crippen LogP contribution in [0.15, 0.2) is 36.5 Å². The van der Waals surface area contributed by atoms with Crippen LogP contribution in [0.1, 0.15) is 32.3 Å². The molecule has 23 heavy (non-hydrogen) atoms. The van der Waals surface area contributed by atoms with Crippen LogP contribution in [-0.2, 0) is 20.6 Å². The average molecular weight is 336 g/mol. The topological polar surface area (TPSA) is 96.4 Å². The number of para-hydroxylation sites is 1. The first kappa shape index (κ1) is 17.4. The minimum atomic E-state index is -3.61. The van der Waals surface area contributed by atoms with Gasteiger partial charge in [-0.3, -0.25) is 9.78 Å². The average Bonchev–Trinajstić information content (AvgIpc) is 2.44. The van der Waals surface area contributed by atoms with Crippen molar-refractivity contribution < 1.29 is 18.3 Å². The number of benzene rings is 1. The Bertz CT molecular complexity index is 810. The largest absolute Gasteiger partial charge is 0.481 e. The first-order valence-electron chi connectivity index (χ1n) is 7.25. The van der Waals surface area contributed by atoms with E-state index in [2.05, 4.69) is 9.71 Å². The summed E-state index contributed by atoms with van der Waals surface area (Å²) in [5.74, 6) is -1.15. The lowest BCUT2D eigenvalue weighted by atomic mass is 10.0. The van der Waals surface area contributed by atoms with E-state index in [9.17, 15) is 13.2 Å². The molecule has 0 saturated carbocycles. The fourth-order valence-corrected chi connectivity index (χ4v) is 4.07. The van der Waals surface area contributed by atoms with Gasteiger partial charge in [-0.25, -0.2) is 13.1 Å². The molecule has 124 valence electrons. The van der Waals surface area contributed by atoms with E-state index in [4.69, 9.17) is 5.11 Å². The van der Waals surface area contributed by atoms with Gasteiger partial charge in [0.1, 0.15) is 0 Å². The van der Waals surface area contributed by atoms with Gasteiger partial charge in [-0.1, -0.05) is 24.3 Å². The molecule has 0 radical (unpaired) electrons. The number of aliphatic carboxylic acids is 1. The predicted molar refractivity (Wildman–Crippen MR) is 88.5 cm³/mol. The molecule has 1 aromatic carbocycles. The van der Waals surface area contributed by atoms with Crippen LogP contribution in [-0.4, -0.2) is 30.0 Å². The van der Waals surface area contributed by atoms with Gasteiger partial charge in [0.15, 0.2) is 0 Å². The summed E-state index contributed by atoms with van der Waals surface area (Å²) < 4.78 is 27.4. The van der Waals surface area contributed by atoms with E-state index < -0.39 is 21.5 Å². The van der Waals surface area contributed by atoms with Gasteiger partial charge in [-0.2, -0.15) is 0 Å². The summed E-state index contributed by atoms with van der Waals surface area (Å²) in [6.45, 7) is 3.35. The van der Waals surface area contributed by atoms with Gasteiger partial charge in [-0.15, -0.1) is 0 Å². The Morgan fingerprint density at radius 1 is 1.26 bits per heavy atom. The van der Waals surface area contributed by atoms with E-state index >= 15 is 0 Å². The minimum Gasteiger partial charge on any atom is -0.481 e. The number of carbonyl (C=O) groups is 1. The second-order valence-electron chi connectivity index (χ2n) is 6.13. The van der Waals surface area contributed by atoms with Crippen LogP contribution < -0.4 is 4.72 Å². The summed E-state index contributed by atoms with van der Waals surface area (Å²) in [6.07, 6.45) is 1.75. The highest BCUT2D eigenvalue weighted by molar-refractivity contribution is 7.88. The van der Waals surface area contributed by atoms with Crippen molar-refractivity contribution in [2.24, 2.45) is 0 Å². The number of rotatable bonds is 7. The van der Waals surface area contributed by atoms with E-state index in [0.717, 1.165) is 5.39 Å². The van der Waals surface area contributed by atoms with Gasteiger partial charge in [0.05, 0.1) is 11.3 Å². The molecule has 0 bridgehead atoms. The molecule has 0 aliphatic carbocycles. The predicted octanol–water partition coefficient (Wildman–Crippen LogP) is 2.30. The number of hydrogen-bond donors (Lipinski definition) is 2. The smallest absolute Gasteiger partial charge is 0.303 e. The van der Waals surface area contributed by atoms with E-state index in [1.165, 1.54) is 0 Å². The lowest BCUT2D eigenvalue weighted by Crippen LogP contribution is -2.44. The SMILES string of the molecule is CC(C)(CCC(=O)O)NS(=O)(=O)Cc1cccc2cccnc12. The number of nitrogens with one attached hydrogen (secondary N) is 1. The zero-order valence-corrected chi connectivity index (χ0v) is 13.9. The minimum absolute atomic E-state index is 0.0919. The van der Waals surface area contributed by atoms with Crippen molar-refractivity contribution in [1.29, 1.82) is 0 Å². The monoisotopic (exact) mass is 336 g/mol. The molecule has 6 nitrogen and oxygen atoms in total. The molecule has 7 heteroatoms. The van der Waals surface area contributed by atoms with Gasteiger partial charge in [-0.05, 0) is 31.9 Å². The lowest BCUT2D eigenvalue weighted by molar-refractivity contribution is -0.137. The lowest BCUT2D eigenvalue weighted by Gasteiger charge is -2.25. The number of fused-ring (bicyclic) bond motifs is 1. The van der Waals surface area contributed by atoms with Gasteiger partial charge in [0.25, 0.3) is 0 Å². The molecule has 0 saturated heterocycles. The second-order valence-corrected chi connectivity index (χ2v) is 7.85. The molecule has 0 aliphatic heterocycles. The molecule has 1 aromatic heterocycles. The summed E-state index contributed by atoms with van der Waals surface area (Å²) in [6, 6.07) is 9.09. The number of carboxylic acid groups (broad SMARTS) is 1. The molecule has 0 aliphatic rings. The molecule has 2 rings (SSSR count). The maximum absolute atomic E-state index is 12.4. The zero-order chi connectivity index (χ0) is 17.1. The van der Waals surface area contributed by atoms with Crippen LogP contribution >= 0.6 is 0 Å². The van der Waals surface area contributed by atoms with Crippen LogP contribution in [0.5, 0.6) is 0 Å². The molecule has 0 amide bonds. The quantitative estimate of drug-likeness (QED) is 0.809. The Morgan fingerprint density at radius 2 is 1.96 bits per heavy atom. The molecule has 2 aromatic rings. The normalized spacial score (nSPS) is 12.4. The molecule has 0 fully saturated rings. The van der Waals surface area contributed by atoms with Crippen molar-refractivity contribution in [1.82, 2.24) is 9.71 Å². The third-order valence-corrected chi connectivity index (χ3v) is 5.01. The number of pyridine rings is 1. The molecule has 0 spiro atoms. The first-order chi connectivity index (χ1) is 10.7. The Kier molecular flexibility index (Phi) is 5.01. The summed E-state index contributed by atoms with van der Waals surface area (Å²) in [7, 11) is -3.61. The van der Waals surface area contributed by atoms with E-state index in [-0.39, 0.29) is 18.6 Å². The number of carboxylic acids is 1. The summed E-state index contributed by atoms with van der Waals surface area (Å²) in [5.41, 5.74) is 0.447. The van der Waals surface area contributed by atoms with Crippen molar-refractivity contribution in [2.75, 3.05) is 0 Å². The van der Waals surface area contributed by atoms with Crippen LogP contribution in [0.2, 0.25) is 0 Å². The van der Waals surface area contributed by atoms with Crippen LogP contribution in [0.25, 0.3) is 10.9 Å². The maximum atomic E-state index is 12.4. The van der Waals surface area contributed by atoms with Gasteiger partial charge in [0, 0.05) is 23.5 Å². The molecule has 0 unspecified atom stereocenters. The molecule has 1 heterocycles. The number of hydrogen-bond acceptors (Lipinski definition) is 4. The standard InChI is InChI=1S/C16H20N2O4S/c1-16(2,9-8-14(19)20)18-23(21,22)11-13-6-3-5-12-7-4-10-17-15(12)13/h3-7,10,18H,8-9,11H2,1-2H3,(H,19,20). The highest BCUT2D eigenvalue weighted by Gasteiger charge is 2.26. The highest BCUT2D eigenvalue weighted by atomic mass is 32.2. The summed E-state index contributed by atoms with van der Waals surface area (Å²) in [5, 5.41) is 9.62. The third-order valence-electron chi connectivity index (χ3n) is 3.46. The Hall–Kier alpha value is -1.99. The zero-order valence-electron chi connectivity index (χ0n) is 13.1. The van der Waals surface area contributed by atoms with Crippen LogP contribution in [0, 0.1) is 0 Å². The van der Waals surface area contributed by atoms with E-state index in [1.54, 1.807) is 38.2 Å². The number of aromatic nitrogens is 1. The van der Waals surface area contributed by atoms with Crippen molar-refractivity contribution in [3.05, 3.63) is 42.1 Å². The maximum Gasteiger partial charge on any atom is 0.303 e. The Morgan fingerprint density at radius 3 is 2.65 bits per heavy atom. The Balaban J connectivity index is 2.19. The molecule has 0 atom stereocenters. The van der Waals surface area contributed by atoms with Crippen molar-refractivity contribution in [2.45, 2.75) is 38.0 Å². The fraction of sp³-hybridized carbons (Fsp3) is 0.375. The first-order valence-corrected chi connectivity index (χ1v) is 8.90. The van der Waals surface area contributed by atoms with Crippen LogP contribution in [0.3, 0.4) is 0 Å². The van der Waals surface area contributed by atoms with E-state index in [0.29, 0.717) is 11.1 Å². The van der Waals surface area contributed by atoms with E-state index in [1.807, 2.05) is 12.1 Å².